The van der Waals surface area contributed by atoms with Crippen molar-refractivity contribution in [2.45, 2.75) is 137 Å². The van der Waals surface area contributed by atoms with Crippen LogP contribution in [0.15, 0.2) is 117 Å². The van der Waals surface area contributed by atoms with Crippen molar-refractivity contribution in [3.63, 3.8) is 0 Å². The number of carbonyl (C=O) groups is 1. The Kier molecular flexibility index (Phi) is 24.5. The lowest BCUT2D eigenvalue weighted by Gasteiger charge is -2.27. The minimum Gasteiger partial charge on any atom is -0.463 e. The van der Waals surface area contributed by atoms with Crippen molar-refractivity contribution >= 4 is 89.8 Å². The molecule has 494 valence electrons. The molecule has 2 aliphatic heterocycles. The molecule has 0 saturated heterocycles. The monoisotopic (exact) mass is 1370 g/mol. The van der Waals surface area contributed by atoms with E-state index in [2.05, 4.69) is 8.91 Å². The Morgan fingerprint density at radius 2 is 1.37 bits per heavy atom. The van der Waals surface area contributed by atoms with Gasteiger partial charge in [-0.15, -0.1) is 0 Å². The maximum Gasteiger partial charge on any atom is 0.333 e. The fourth-order valence-electron chi connectivity index (χ4n) is 10.5. The smallest absolute Gasteiger partial charge is 0.333 e. The van der Waals surface area contributed by atoms with Crippen LogP contribution in [-0.2, 0) is 92.3 Å². The predicted molar refractivity (Wildman–Crippen MR) is 331 cm³/mol. The molecule has 5 atom stereocenters. The maximum absolute atomic E-state index is 12.9. The quantitative estimate of drug-likeness (QED) is 0.0107. The third-order valence-corrected chi connectivity index (χ3v) is 20.1. The fraction of sp³-hybridized carbons (Fsp3) is 0.482. The second kappa shape index (κ2) is 30.0. The van der Waals surface area contributed by atoms with Crippen LogP contribution >= 0.6 is 0 Å². The van der Waals surface area contributed by atoms with Crippen LogP contribution in [0.4, 0.5) is 11.4 Å². The van der Waals surface area contributed by atoms with Crippen molar-refractivity contribution in [2.75, 3.05) is 49.3 Å². The number of aryl methyl sites for hydroxylation is 1. The Morgan fingerprint density at radius 3 is 1.99 bits per heavy atom. The number of esters is 1. The molecule has 3 aromatic rings. The summed E-state index contributed by atoms with van der Waals surface area (Å²) in [7, 11) is -24.4. The highest BCUT2D eigenvalue weighted by atomic mass is 32.2. The third-order valence-electron chi connectivity index (χ3n) is 15.1. The first-order valence-corrected chi connectivity index (χ1v) is 36.9. The van der Waals surface area contributed by atoms with E-state index in [-0.39, 0.29) is 68.1 Å². The van der Waals surface area contributed by atoms with Gasteiger partial charge in [-0.1, -0.05) is 32.1 Å². The summed E-state index contributed by atoms with van der Waals surface area (Å²) in [6.45, 7) is 6.81. The molecule has 6 rings (SSSR count). The summed E-state index contributed by atoms with van der Waals surface area (Å²) in [5, 5.41) is 47.1. The van der Waals surface area contributed by atoms with Crippen molar-refractivity contribution in [3.8, 4) is 5.75 Å². The summed E-state index contributed by atoms with van der Waals surface area (Å²) in [6, 6.07) is 15.1. The van der Waals surface area contributed by atoms with Gasteiger partial charge in [0, 0.05) is 76.4 Å². The van der Waals surface area contributed by atoms with Gasteiger partial charge in [-0.3, -0.25) is 31.4 Å². The van der Waals surface area contributed by atoms with Crippen molar-refractivity contribution in [1.29, 1.82) is 0 Å². The van der Waals surface area contributed by atoms with Crippen LogP contribution in [0, 0.1) is 0 Å². The largest absolute Gasteiger partial charge is 0.463 e. The molecule has 3 aliphatic rings. The zero-order chi connectivity index (χ0) is 66.1. The number of thiol groups is 1. The van der Waals surface area contributed by atoms with Crippen molar-refractivity contribution < 1.29 is 108 Å². The number of unbranched alkanes of at least 4 members (excludes halogenated alkanes) is 2. The standard InChI is InChI=1S/C56H76N4O23S6/c1-55(2)43-33-41(87(73,74)75)20-22-45(43)59(28-5-7-31-85(67,68)69)49(55)24-16-38-11-9-12-39(17-25-50-56(3,4)44-34-42(88(76,77)78)21-23-46(44)60(50)29-6-8-32-86(70,71)72)54(38)83-40-18-13-37(14-19-40)15-26-51(63)81-35-47(61)52(64)53(65)48(62)36-84(66)58-27-10-30-82-89(57,79)80/h13-14,16-25,33-34,36,47-48,52-53,61-62,64-65,84H,5-12,15,26-32,35H2,1-4H3,(H6-,57,58,66,67,68,69,70,71,72,73,74,75,76,77,78,79,80)/p+1/t47?,48?,52-,53-/m0/s1. The number of carbonyl (C=O) groups excluding carboxylic acids is 1. The first-order valence-electron chi connectivity index (χ1n) is 28.0. The van der Waals surface area contributed by atoms with Crippen LogP contribution in [-0.4, -0.2) is 175 Å². The molecule has 89 heavy (non-hydrogen) atoms. The summed E-state index contributed by atoms with van der Waals surface area (Å²) in [5.74, 6) is -0.988. The number of fused-ring (bicyclic) bond motifs is 2. The summed E-state index contributed by atoms with van der Waals surface area (Å²) < 4.78 is 190. The van der Waals surface area contributed by atoms with E-state index in [1.54, 1.807) is 36.4 Å². The highest BCUT2D eigenvalue weighted by Crippen LogP contribution is 2.49. The van der Waals surface area contributed by atoms with Crippen molar-refractivity contribution in [3.05, 3.63) is 124 Å². The van der Waals surface area contributed by atoms with Crippen LogP contribution in [0.5, 0.6) is 5.75 Å². The Bertz CT molecular complexity index is 3950. The number of allylic oxidation sites excluding steroid dienone is 7. The van der Waals surface area contributed by atoms with Crippen LogP contribution < -0.4 is 19.5 Å². The Hall–Kier alpha value is -5.31. The first kappa shape index (κ1) is 72.7. The molecule has 0 aromatic heterocycles. The van der Waals surface area contributed by atoms with E-state index in [9.17, 15) is 89.7 Å². The summed E-state index contributed by atoms with van der Waals surface area (Å²) in [4.78, 5) is 14.1. The SMILES string of the molecule is CC1(C)C(/C=C/C2=C(Oc3ccc(CCC(=O)OCC(O)[C@H](O)[C@@H](O)C(O)/C=[SH](=O)/NCCCOS(N)(=O)=O)cc3)C(=C/C=C3/N(CCCCS(=O)(=O)O)c4ccc(S(=O)(=O)O)cc4C3(C)C)/CCC2)=[N+](CCCCS(=O)(=O)O)c2ccc(S(=O)(=O)O)cc21. The van der Waals surface area contributed by atoms with Crippen LogP contribution in [0.2, 0.25) is 0 Å². The zero-order valence-electron chi connectivity index (χ0n) is 49.2. The van der Waals surface area contributed by atoms with Gasteiger partial charge >= 0.3 is 16.3 Å². The third kappa shape index (κ3) is 20.6. The van der Waals surface area contributed by atoms with Crippen molar-refractivity contribution in [2.24, 2.45) is 5.14 Å². The number of nitrogens with zero attached hydrogens (tertiary/aromatic N) is 2. The molecule has 0 bridgehead atoms. The number of aliphatic hydroxyl groups is 4. The van der Waals surface area contributed by atoms with E-state index in [0.29, 0.717) is 94.2 Å². The first-order chi connectivity index (χ1) is 41.3. The van der Waals surface area contributed by atoms with E-state index >= 15 is 0 Å². The van der Waals surface area contributed by atoms with E-state index in [4.69, 9.17) is 14.6 Å². The van der Waals surface area contributed by atoms with Crippen LogP contribution in [0.25, 0.3) is 0 Å². The Balaban J connectivity index is 1.29. The van der Waals surface area contributed by atoms with E-state index in [1.807, 2.05) is 61.5 Å². The lowest BCUT2D eigenvalue weighted by atomic mass is 9.81. The molecule has 11 N–H and O–H groups in total. The average Bonchev–Trinajstić information content (AvgIpc) is 1.72. The molecule has 0 saturated carbocycles. The van der Waals surface area contributed by atoms with Crippen LogP contribution in [0.1, 0.15) is 102 Å². The number of anilines is 1. The van der Waals surface area contributed by atoms with Gasteiger partial charge in [-0.2, -0.15) is 46.7 Å². The molecule has 33 heteroatoms. The summed E-state index contributed by atoms with van der Waals surface area (Å²) in [5.41, 5.74) is 3.90. The minimum absolute atomic E-state index is 0.0399. The topological polar surface area (TPSA) is 439 Å². The molecule has 3 aromatic carbocycles. The average molecular weight is 1370 g/mol. The molecular weight excluding hydrogens is 1290 g/mol. The molecule has 0 radical (unpaired) electrons. The van der Waals surface area contributed by atoms with Gasteiger partial charge in [0.1, 0.15) is 49.1 Å². The van der Waals surface area contributed by atoms with E-state index in [0.717, 1.165) is 5.37 Å². The number of benzene rings is 3. The summed E-state index contributed by atoms with van der Waals surface area (Å²) in [6.07, 6.45) is 1.85. The van der Waals surface area contributed by atoms with Gasteiger partial charge < -0.3 is 34.8 Å². The number of hydrogen-bond donors (Lipinski definition) is 11. The molecular formula is C56H77N4O23S6+. The number of ether oxygens (including phenoxy) is 2. The molecule has 0 amide bonds. The van der Waals surface area contributed by atoms with E-state index < -0.39 is 121 Å². The number of aliphatic hydroxyl groups excluding tert-OH is 4. The highest BCUT2D eigenvalue weighted by molar-refractivity contribution is 7.86. The predicted octanol–water partition coefficient (Wildman–Crippen LogP) is 2.89. The zero-order valence-corrected chi connectivity index (χ0v) is 54.1. The van der Waals surface area contributed by atoms with Crippen molar-refractivity contribution in [1.82, 2.24) is 4.72 Å². The second-order valence-corrected chi connectivity index (χ2v) is 31.0. The van der Waals surface area contributed by atoms with E-state index in [1.165, 1.54) is 24.3 Å². The maximum atomic E-state index is 12.9. The van der Waals surface area contributed by atoms with Gasteiger partial charge in [-0.25, -0.2) is 9.86 Å². The van der Waals surface area contributed by atoms with Gasteiger partial charge in [0.25, 0.3) is 40.5 Å². The molecule has 3 unspecified atom stereocenters. The molecule has 1 aliphatic carbocycles. The molecule has 2 heterocycles. The second-order valence-electron chi connectivity index (χ2n) is 22.5. The number of nitrogens with two attached hydrogens (primary N) is 1. The molecule has 0 spiro atoms. The van der Waals surface area contributed by atoms with Crippen LogP contribution in [0.3, 0.4) is 0 Å². The Morgan fingerprint density at radius 1 is 0.753 bits per heavy atom. The van der Waals surface area contributed by atoms with Gasteiger partial charge in [0.15, 0.2) is 5.71 Å². The number of hydrogen-bond acceptors (Lipinski definition) is 20. The fourth-order valence-corrected chi connectivity index (χ4v) is 14.0. The van der Waals surface area contributed by atoms with Gasteiger partial charge in [0.2, 0.25) is 5.69 Å². The highest BCUT2D eigenvalue weighted by Gasteiger charge is 2.45. The Labute approximate surface area is 520 Å². The van der Waals surface area contributed by atoms with Gasteiger partial charge in [0.05, 0.1) is 33.3 Å². The number of nitrogens with one attached hydrogen (secondary N) is 1. The molecule has 27 nitrogen and oxygen atoms in total. The molecule has 0 fully saturated rings. The minimum atomic E-state index is -4.62. The lowest BCUT2D eigenvalue weighted by molar-refractivity contribution is -0.438. The normalized spacial score (nSPS) is 19.0. The number of rotatable bonds is 32. The lowest BCUT2D eigenvalue weighted by Crippen LogP contribution is -2.47. The van der Waals surface area contributed by atoms with Gasteiger partial charge in [-0.05, 0) is 142 Å². The summed E-state index contributed by atoms with van der Waals surface area (Å²) >= 11 is 0.